The summed E-state index contributed by atoms with van der Waals surface area (Å²) in [5.41, 5.74) is 5.28. The van der Waals surface area contributed by atoms with Crippen LogP contribution >= 0.6 is 23.1 Å². The molecule has 3 aromatic heterocycles. The Bertz CT molecular complexity index is 1690. The lowest BCUT2D eigenvalue weighted by Crippen LogP contribution is -2.52. The number of piperazine rings is 1. The Hall–Kier alpha value is -3.18. The first-order valence-electron chi connectivity index (χ1n) is 15.0. The second kappa shape index (κ2) is 12.7. The van der Waals surface area contributed by atoms with Crippen LogP contribution in [0.3, 0.4) is 0 Å². The molecule has 1 aromatic carbocycles. The highest BCUT2D eigenvalue weighted by atomic mass is 79.9. The Morgan fingerprint density at radius 1 is 1.00 bits per heavy atom. The van der Waals surface area contributed by atoms with E-state index in [1.807, 2.05) is 22.7 Å². The number of aryl methyl sites for hydroxylation is 1. The van der Waals surface area contributed by atoms with Crippen molar-refractivity contribution in [1.29, 1.82) is 0 Å². The van der Waals surface area contributed by atoms with Gasteiger partial charge < -0.3 is 29.7 Å². The molecule has 2 aliphatic rings. The third kappa shape index (κ3) is 6.44. The number of pyridine rings is 1. The SMILES string of the molecule is COc1cc(N2CCC(N3CCN(C)CC3)CC2)c(C)cc1Nc1ncc(Br)c(Nc2ccc3nccn3c2P(C)(C)=O)n1. The van der Waals surface area contributed by atoms with Gasteiger partial charge in [-0.15, -0.1) is 0 Å². The number of ether oxygens (including phenoxy) is 1. The number of nitrogens with zero attached hydrogens (tertiary/aromatic N) is 7. The monoisotopic (exact) mass is 681 g/mol. The average Bonchev–Trinajstić information content (AvgIpc) is 3.47. The van der Waals surface area contributed by atoms with E-state index < -0.39 is 7.14 Å². The summed E-state index contributed by atoms with van der Waals surface area (Å²) in [5, 5.41) is 6.74. The molecule has 0 spiro atoms. The lowest BCUT2D eigenvalue weighted by Gasteiger charge is -2.43. The van der Waals surface area contributed by atoms with Gasteiger partial charge in [-0.2, -0.15) is 4.98 Å². The summed E-state index contributed by atoms with van der Waals surface area (Å²) < 4.78 is 21.7. The number of likely N-dealkylation sites (N-methyl/N-ethyl adjacent to an activating group) is 1. The summed E-state index contributed by atoms with van der Waals surface area (Å²) in [6.07, 6.45) is 7.58. The molecule has 2 aliphatic heterocycles. The maximum atomic E-state index is 13.3. The number of hydrogen-bond donors (Lipinski definition) is 2. The topological polar surface area (TPSA) is 103 Å². The molecule has 4 aromatic rings. The molecule has 0 radical (unpaired) electrons. The van der Waals surface area contributed by atoms with Gasteiger partial charge in [-0.05, 0) is 79.8 Å². The van der Waals surface area contributed by atoms with E-state index in [1.54, 1.807) is 32.8 Å². The van der Waals surface area contributed by atoms with Gasteiger partial charge in [-0.3, -0.25) is 9.30 Å². The van der Waals surface area contributed by atoms with E-state index in [4.69, 9.17) is 9.72 Å². The van der Waals surface area contributed by atoms with Gasteiger partial charge in [0.1, 0.15) is 29.8 Å². The highest BCUT2D eigenvalue weighted by Crippen LogP contribution is 2.40. The molecular formula is C31H41BrN9O2P. The number of benzene rings is 1. The maximum Gasteiger partial charge on any atom is 0.229 e. The van der Waals surface area contributed by atoms with Crippen LogP contribution in [0.5, 0.6) is 5.75 Å². The van der Waals surface area contributed by atoms with Crippen molar-refractivity contribution in [3.05, 3.63) is 52.9 Å². The zero-order chi connectivity index (χ0) is 31.0. The van der Waals surface area contributed by atoms with Crippen molar-refractivity contribution < 1.29 is 9.30 Å². The molecule has 0 bridgehead atoms. The predicted molar refractivity (Wildman–Crippen MR) is 183 cm³/mol. The fraction of sp³-hybridized carbons (Fsp3) is 0.452. The molecule has 44 heavy (non-hydrogen) atoms. The number of aromatic nitrogens is 4. The second-order valence-electron chi connectivity index (χ2n) is 12.1. The predicted octanol–water partition coefficient (Wildman–Crippen LogP) is 5.16. The molecule has 0 aliphatic carbocycles. The number of imidazole rings is 1. The molecule has 0 atom stereocenters. The molecule has 234 valence electrons. The normalized spacial score (nSPS) is 17.3. The van der Waals surface area contributed by atoms with Crippen LogP contribution in [-0.4, -0.2) is 102 Å². The Morgan fingerprint density at radius 2 is 1.75 bits per heavy atom. The zero-order valence-electron chi connectivity index (χ0n) is 26.0. The molecule has 2 saturated heterocycles. The van der Waals surface area contributed by atoms with Gasteiger partial charge in [0.25, 0.3) is 0 Å². The lowest BCUT2D eigenvalue weighted by molar-refractivity contribution is 0.0982. The van der Waals surface area contributed by atoms with Crippen LogP contribution in [0.25, 0.3) is 5.65 Å². The third-order valence-electron chi connectivity index (χ3n) is 8.67. The summed E-state index contributed by atoms with van der Waals surface area (Å²) in [7, 11) is 1.23. The van der Waals surface area contributed by atoms with Gasteiger partial charge in [0.15, 0.2) is 0 Å². The van der Waals surface area contributed by atoms with Crippen LogP contribution in [0.15, 0.2) is 47.3 Å². The molecule has 0 saturated carbocycles. The van der Waals surface area contributed by atoms with Crippen molar-refractivity contribution in [2.75, 3.05) is 82.3 Å². The van der Waals surface area contributed by atoms with Crippen molar-refractivity contribution in [3.8, 4) is 5.75 Å². The van der Waals surface area contributed by atoms with Crippen LogP contribution < -0.4 is 25.7 Å². The van der Waals surface area contributed by atoms with Crippen LogP contribution in [0.4, 0.5) is 28.8 Å². The minimum absolute atomic E-state index is 0.413. The van der Waals surface area contributed by atoms with Crippen LogP contribution in [-0.2, 0) is 4.57 Å². The van der Waals surface area contributed by atoms with Crippen LogP contribution in [0.1, 0.15) is 18.4 Å². The number of methoxy groups -OCH3 is 1. The highest BCUT2D eigenvalue weighted by Gasteiger charge is 2.28. The number of rotatable bonds is 8. The smallest absolute Gasteiger partial charge is 0.229 e. The Labute approximate surface area is 267 Å². The fourth-order valence-electron chi connectivity index (χ4n) is 6.33. The van der Waals surface area contributed by atoms with E-state index in [0.717, 1.165) is 43.3 Å². The van der Waals surface area contributed by atoms with E-state index in [-0.39, 0.29) is 0 Å². The van der Waals surface area contributed by atoms with Crippen LogP contribution in [0.2, 0.25) is 0 Å². The number of piperidine rings is 1. The van der Waals surface area contributed by atoms with E-state index in [2.05, 4.69) is 77.3 Å². The molecule has 5 heterocycles. The third-order valence-corrected chi connectivity index (χ3v) is 10.7. The first-order chi connectivity index (χ1) is 21.1. The summed E-state index contributed by atoms with van der Waals surface area (Å²) in [6.45, 7) is 12.4. The molecule has 11 nitrogen and oxygen atoms in total. The Balaban J connectivity index is 1.20. The second-order valence-corrected chi connectivity index (χ2v) is 16.1. The van der Waals surface area contributed by atoms with Gasteiger partial charge in [-0.1, -0.05) is 0 Å². The molecule has 2 fully saturated rings. The molecule has 0 unspecified atom stereocenters. The number of nitrogens with one attached hydrogen (secondary N) is 2. The maximum absolute atomic E-state index is 13.3. The van der Waals surface area contributed by atoms with Crippen molar-refractivity contribution in [2.24, 2.45) is 0 Å². The average molecular weight is 683 g/mol. The summed E-state index contributed by atoms with van der Waals surface area (Å²) in [5.74, 6) is 1.70. The summed E-state index contributed by atoms with van der Waals surface area (Å²) in [4.78, 5) is 21.2. The minimum Gasteiger partial charge on any atom is -0.494 e. The van der Waals surface area contributed by atoms with Gasteiger partial charge in [0, 0.05) is 75.7 Å². The van der Waals surface area contributed by atoms with Gasteiger partial charge in [0.05, 0.1) is 23.0 Å². The zero-order valence-corrected chi connectivity index (χ0v) is 28.5. The molecule has 0 amide bonds. The first-order valence-corrected chi connectivity index (χ1v) is 18.4. The molecule has 6 rings (SSSR count). The standard InChI is InChI=1S/C31H41BrN9O2P/c1-21-18-25(27(43-3)19-26(21)40-11-8-22(9-12-40)39-16-14-38(2)15-17-39)36-31-34-20-23(32)29(37-31)35-24-6-7-28-33-10-13-41(28)30(24)44(4,5)42/h6-7,10,13,18-20,22H,8-9,11-12,14-17H2,1-5H3,(H2,34,35,36,37). The minimum atomic E-state index is -2.67. The van der Waals surface area contributed by atoms with E-state index in [0.29, 0.717) is 33.4 Å². The highest BCUT2D eigenvalue weighted by molar-refractivity contribution is 9.10. The number of fused-ring (bicyclic) bond motifs is 1. The van der Waals surface area contributed by atoms with E-state index in [9.17, 15) is 4.57 Å². The first kappa shape index (κ1) is 30.8. The van der Waals surface area contributed by atoms with Gasteiger partial charge in [0.2, 0.25) is 5.95 Å². The number of hydrogen-bond acceptors (Lipinski definition) is 10. The quantitative estimate of drug-likeness (QED) is 0.243. The lowest BCUT2D eigenvalue weighted by atomic mass is 10.0. The number of halogens is 1. The van der Waals surface area contributed by atoms with Crippen molar-refractivity contribution >= 4 is 63.0 Å². The largest absolute Gasteiger partial charge is 0.494 e. The summed E-state index contributed by atoms with van der Waals surface area (Å²) in [6, 6.07) is 8.67. The van der Waals surface area contributed by atoms with E-state index >= 15 is 0 Å². The fourth-order valence-corrected chi connectivity index (χ4v) is 8.02. The van der Waals surface area contributed by atoms with Crippen molar-refractivity contribution in [3.63, 3.8) is 0 Å². The van der Waals surface area contributed by atoms with Gasteiger partial charge >= 0.3 is 0 Å². The van der Waals surface area contributed by atoms with Crippen molar-refractivity contribution in [1.82, 2.24) is 29.2 Å². The van der Waals surface area contributed by atoms with Crippen LogP contribution in [0, 0.1) is 6.92 Å². The Morgan fingerprint density at radius 3 is 2.45 bits per heavy atom. The van der Waals surface area contributed by atoms with Crippen molar-refractivity contribution in [2.45, 2.75) is 25.8 Å². The van der Waals surface area contributed by atoms with Gasteiger partial charge in [-0.25, -0.2) is 9.97 Å². The molecular weight excluding hydrogens is 641 g/mol. The number of anilines is 5. The van der Waals surface area contributed by atoms with E-state index in [1.165, 1.54) is 37.2 Å². The molecule has 13 heteroatoms. The Kier molecular flexibility index (Phi) is 8.88. The summed E-state index contributed by atoms with van der Waals surface area (Å²) >= 11 is 3.58. The molecule has 2 N–H and O–H groups in total.